The lowest BCUT2D eigenvalue weighted by Gasteiger charge is -2.11. The first kappa shape index (κ1) is 16.6. The minimum Gasteiger partial charge on any atom is -0.346 e. The molecular weight excluding hydrogens is 260 g/mol. The van der Waals surface area contributed by atoms with Crippen LogP contribution in [0.3, 0.4) is 0 Å². The predicted octanol–water partition coefficient (Wildman–Crippen LogP) is -1.26. The molecule has 0 unspecified atom stereocenters. The fourth-order valence-electron chi connectivity index (χ4n) is 1.89. The first-order valence-corrected chi connectivity index (χ1v) is 7.03. The van der Waals surface area contributed by atoms with Crippen LogP contribution in [0.25, 0.3) is 0 Å². The van der Waals surface area contributed by atoms with E-state index in [0.717, 1.165) is 25.9 Å². The molecule has 1 aliphatic heterocycles. The quantitative estimate of drug-likeness (QED) is 0.468. The van der Waals surface area contributed by atoms with Gasteiger partial charge in [-0.1, -0.05) is 13.8 Å². The monoisotopic (exact) mass is 284 g/mol. The van der Waals surface area contributed by atoms with Crippen LogP contribution in [0.1, 0.15) is 26.7 Å². The summed E-state index contributed by atoms with van der Waals surface area (Å²) < 4.78 is 0. The Bertz CT molecular complexity index is 352. The van der Waals surface area contributed by atoms with E-state index in [1.807, 2.05) is 13.8 Å². The minimum absolute atomic E-state index is 0.170. The Hall–Kier alpha value is -1.47. The van der Waals surface area contributed by atoms with Crippen molar-refractivity contribution in [3.63, 3.8) is 0 Å². The van der Waals surface area contributed by atoms with Gasteiger partial charge in [0.2, 0.25) is 17.7 Å². The highest BCUT2D eigenvalue weighted by molar-refractivity contribution is 5.99. The molecule has 0 aromatic carbocycles. The van der Waals surface area contributed by atoms with Crippen LogP contribution in [-0.4, -0.2) is 49.9 Å². The molecule has 4 N–H and O–H groups in total. The van der Waals surface area contributed by atoms with Gasteiger partial charge in [0.05, 0.1) is 19.1 Å². The maximum atomic E-state index is 11.6. The molecule has 1 aliphatic rings. The molecule has 1 heterocycles. The summed E-state index contributed by atoms with van der Waals surface area (Å²) in [6.45, 7) is 5.61. The predicted molar refractivity (Wildman–Crippen MR) is 74.9 cm³/mol. The third-order valence-corrected chi connectivity index (χ3v) is 2.92. The number of rotatable bonds is 7. The molecule has 1 rings (SSSR count). The minimum atomic E-state index is -0.485. The molecule has 0 aromatic heterocycles. The van der Waals surface area contributed by atoms with Gasteiger partial charge in [-0.05, 0) is 31.8 Å². The number of hydrogen-bond donors (Lipinski definition) is 4. The molecule has 7 heteroatoms. The summed E-state index contributed by atoms with van der Waals surface area (Å²) in [5.74, 6) is -0.601. The molecule has 0 spiro atoms. The molecule has 20 heavy (non-hydrogen) atoms. The average Bonchev–Trinajstić information content (AvgIpc) is 2.89. The second-order valence-corrected chi connectivity index (χ2v) is 5.36. The number of amides is 3. The zero-order chi connectivity index (χ0) is 15.0. The van der Waals surface area contributed by atoms with Gasteiger partial charge in [0, 0.05) is 0 Å². The van der Waals surface area contributed by atoms with Crippen molar-refractivity contribution in [2.24, 2.45) is 5.92 Å². The standard InChI is InChI=1S/C13H24N4O3/c1-9(2)6-14-7-11(18)16-8-12(19)17-13(20)10-4-3-5-15-10/h9-10,14-15H,3-8H2,1-2H3,(H,16,18)(H,17,19,20)/t10-/m1/s1. The van der Waals surface area contributed by atoms with E-state index in [2.05, 4.69) is 21.3 Å². The summed E-state index contributed by atoms with van der Waals surface area (Å²) in [6.07, 6.45) is 1.68. The van der Waals surface area contributed by atoms with E-state index in [-0.39, 0.29) is 30.9 Å². The largest absolute Gasteiger partial charge is 0.346 e. The Morgan fingerprint density at radius 3 is 2.55 bits per heavy atom. The van der Waals surface area contributed by atoms with Gasteiger partial charge in [-0.3, -0.25) is 19.7 Å². The number of hydrogen-bond acceptors (Lipinski definition) is 5. The van der Waals surface area contributed by atoms with Gasteiger partial charge in [0.1, 0.15) is 0 Å². The summed E-state index contributed by atoms with van der Waals surface area (Å²) in [4.78, 5) is 34.5. The fraction of sp³-hybridized carbons (Fsp3) is 0.769. The van der Waals surface area contributed by atoms with Crippen molar-refractivity contribution in [2.45, 2.75) is 32.7 Å². The van der Waals surface area contributed by atoms with E-state index >= 15 is 0 Å². The maximum absolute atomic E-state index is 11.6. The molecule has 0 radical (unpaired) electrons. The van der Waals surface area contributed by atoms with Crippen molar-refractivity contribution in [1.82, 2.24) is 21.3 Å². The Morgan fingerprint density at radius 1 is 1.20 bits per heavy atom. The first-order valence-electron chi connectivity index (χ1n) is 7.03. The van der Waals surface area contributed by atoms with Gasteiger partial charge in [-0.15, -0.1) is 0 Å². The third-order valence-electron chi connectivity index (χ3n) is 2.92. The van der Waals surface area contributed by atoms with Crippen molar-refractivity contribution in [1.29, 1.82) is 0 Å². The summed E-state index contributed by atoms with van der Waals surface area (Å²) in [5.41, 5.74) is 0. The van der Waals surface area contributed by atoms with Crippen molar-refractivity contribution < 1.29 is 14.4 Å². The number of nitrogens with one attached hydrogen (secondary N) is 4. The van der Waals surface area contributed by atoms with Crippen LogP contribution < -0.4 is 21.3 Å². The van der Waals surface area contributed by atoms with Crippen molar-refractivity contribution in [3.05, 3.63) is 0 Å². The highest BCUT2D eigenvalue weighted by Gasteiger charge is 2.23. The molecule has 7 nitrogen and oxygen atoms in total. The molecule has 1 fully saturated rings. The Balaban J connectivity index is 2.12. The highest BCUT2D eigenvalue weighted by atomic mass is 16.2. The van der Waals surface area contributed by atoms with E-state index in [4.69, 9.17) is 0 Å². The van der Waals surface area contributed by atoms with Crippen LogP contribution in [0.4, 0.5) is 0 Å². The first-order chi connectivity index (χ1) is 9.49. The van der Waals surface area contributed by atoms with E-state index in [1.54, 1.807) is 0 Å². The fourth-order valence-corrected chi connectivity index (χ4v) is 1.89. The zero-order valence-corrected chi connectivity index (χ0v) is 12.1. The highest BCUT2D eigenvalue weighted by Crippen LogP contribution is 2.04. The third kappa shape index (κ3) is 6.63. The zero-order valence-electron chi connectivity index (χ0n) is 12.1. The Kier molecular flexibility index (Phi) is 7.17. The van der Waals surface area contributed by atoms with Crippen molar-refractivity contribution >= 4 is 17.7 Å². The second-order valence-electron chi connectivity index (χ2n) is 5.36. The lowest BCUT2D eigenvalue weighted by atomic mass is 10.2. The van der Waals surface area contributed by atoms with E-state index < -0.39 is 5.91 Å². The van der Waals surface area contributed by atoms with Gasteiger partial charge in [-0.25, -0.2) is 0 Å². The smallest absolute Gasteiger partial charge is 0.245 e. The van der Waals surface area contributed by atoms with Crippen LogP contribution in [0.15, 0.2) is 0 Å². The summed E-state index contributed by atoms with van der Waals surface area (Å²) >= 11 is 0. The number of carbonyl (C=O) groups is 3. The lowest BCUT2D eigenvalue weighted by molar-refractivity contribution is -0.132. The summed E-state index contributed by atoms with van der Waals surface area (Å²) in [6, 6.07) is -0.289. The molecule has 1 saturated heterocycles. The Morgan fingerprint density at radius 2 is 1.95 bits per heavy atom. The Labute approximate surface area is 119 Å². The van der Waals surface area contributed by atoms with Gasteiger partial charge >= 0.3 is 0 Å². The van der Waals surface area contributed by atoms with Gasteiger partial charge in [0.15, 0.2) is 0 Å². The molecule has 0 saturated carbocycles. The molecule has 0 bridgehead atoms. The molecule has 1 atom stereocenters. The molecule has 0 aliphatic carbocycles. The van der Waals surface area contributed by atoms with Crippen LogP contribution in [0.2, 0.25) is 0 Å². The van der Waals surface area contributed by atoms with E-state index in [9.17, 15) is 14.4 Å². The van der Waals surface area contributed by atoms with Gasteiger partial charge in [-0.2, -0.15) is 0 Å². The number of imide groups is 1. The molecule has 114 valence electrons. The summed E-state index contributed by atoms with van der Waals surface area (Å²) in [7, 11) is 0. The van der Waals surface area contributed by atoms with Crippen molar-refractivity contribution in [3.8, 4) is 0 Å². The second kappa shape index (κ2) is 8.65. The van der Waals surface area contributed by atoms with Crippen LogP contribution in [-0.2, 0) is 14.4 Å². The van der Waals surface area contributed by atoms with Crippen LogP contribution >= 0.6 is 0 Å². The maximum Gasteiger partial charge on any atom is 0.245 e. The molecule has 3 amide bonds. The SMILES string of the molecule is CC(C)CNCC(=O)NCC(=O)NC(=O)[C@H]1CCCN1. The van der Waals surface area contributed by atoms with Gasteiger partial charge < -0.3 is 16.0 Å². The summed E-state index contributed by atoms with van der Waals surface area (Å²) in [5, 5.41) is 10.7. The molecular formula is C13H24N4O3. The van der Waals surface area contributed by atoms with Crippen LogP contribution in [0, 0.1) is 5.92 Å². The normalized spacial score (nSPS) is 18.1. The van der Waals surface area contributed by atoms with Crippen molar-refractivity contribution in [2.75, 3.05) is 26.2 Å². The number of carbonyl (C=O) groups excluding carboxylic acids is 3. The van der Waals surface area contributed by atoms with Gasteiger partial charge in [0.25, 0.3) is 0 Å². The topological polar surface area (TPSA) is 99.3 Å². The molecule has 0 aromatic rings. The average molecular weight is 284 g/mol. The lowest BCUT2D eigenvalue weighted by Crippen LogP contribution is -2.47. The van der Waals surface area contributed by atoms with E-state index in [0.29, 0.717) is 5.92 Å². The van der Waals surface area contributed by atoms with E-state index in [1.165, 1.54) is 0 Å². The van der Waals surface area contributed by atoms with Crippen LogP contribution in [0.5, 0.6) is 0 Å².